The molecule has 1 aromatic carbocycles. The minimum atomic E-state index is -0.109. The van der Waals surface area contributed by atoms with E-state index in [2.05, 4.69) is 55.7 Å². The molecule has 1 atom stereocenters. The Balaban J connectivity index is 2.46. The van der Waals surface area contributed by atoms with Crippen LogP contribution in [0.4, 0.5) is 5.69 Å². The lowest BCUT2D eigenvalue weighted by molar-refractivity contribution is 0.438. The number of nitrogens with zero attached hydrogens (tertiary/aromatic N) is 2. The second kappa shape index (κ2) is 8.00. The van der Waals surface area contributed by atoms with Crippen molar-refractivity contribution in [2.45, 2.75) is 52.6 Å². The first-order valence-electron chi connectivity index (χ1n) is 7.33. The lowest BCUT2D eigenvalue weighted by Crippen LogP contribution is -2.31. The van der Waals surface area contributed by atoms with Crippen LogP contribution in [-0.4, -0.2) is 18.1 Å². The molecule has 0 heterocycles. The van der Waals surface area contributed by atoms with E-state index in [1.807, 2.05) is 30.3 Å². The van der Waals surface area contributed by atoms with Crippen molar-refractivity contribution in [2.24, 2.45) is 16.1 Å². The number of hydrazine groups is 1. The van der Waals surface area contributed by atoms with E-state index in [-0.39, 0.29) is 11.6 Å². The molecule has 0 fully saturated rings. The summed E-state index contributed by atoms with van der Waals surface area (Å²) < 4.78 is 0. The number of benzene rings is 1. The maximum absolute atomic E-state index is 4.49. The Morgan fingerprint density at radius 1 is 1.10 bits per heavy atom. The molecule has 1 unspecified atom stereocenters. The Kier molecular flexibility index (Phi) is 6.65. The first kappa shape index (κ1) is 16.6. The number of hydrogen-bond donors (Lipinski definition) is 2. The predicted molar refractivity (Wildman–Crippen MR) is 85.9 cm³/mol. The van der Waals surface area contributed by atoms with Crippen LogP contribution in [0.25, 0.3) is 0 Å². The summed E-state index contributed by atoms with van der Waals surface area (Å²) in [4.78, 5) is 0. The van der Waals surface area contributed by atoms with Crippen molar-refractivity contribution in [1.29, 1.82) is 0 Å². The SMILES string of the molecule is CC(C)CC(CNNc1ccccc1)N=NC(C)(C)C. The van der Waals surface area contributed by atoms with Gasteiger partial charge < -0.3 is 5.43 Å². The van der Waals surface area contributed by atoms with E-state index in [9.17, 15) is 0 Å². The standard InChI is InChI=1S/C16H28N4/c1-13(2)11-15(19-20-16(3,4)5)12-17-18-14-9-7-6-8-10-14/h6-10,13,15,17-18H,11-12H2,1-5H3. The fourth-order valence-electron chi connectivity index (χ4n) is 1.76. The fraction of sp³-hybridized carbons (Fsp3) is 0.625. The van der Waals surface area contributed by atoms with E-state index in [0.29, 0.717) is 5.92 Å². The third kappa shape index (κ3) is 7.89. The lowest BCUT2D eigenvalue weighted by Gasteiger charge is -2.18. The number of hydrogen-bond acceptors (Lipinski definition) is 4. The molecule has 1 aromatic rings. The minimum absolute atomic E-state index is 0.109. The molecule has 4 heteroatoms. The van der Waals surface area contributed by atoms with Crippen molar-refractivity contribution in [2.75, 3.05) is 12.0 Å². The number of rotatable bonds is 7. The maximum Gasteiger partial charge on any atom is 0.0853 e. The third-order valence-corrected chi connectivity index (χ3v) is 2.61. The van der Waals surface area contributed by atoms with Gasteiger partial charge in [0.25, 0.3) is 0 Å². The molecule has 1 rings (SSSR count). The highest BCUT2D eigenvalue weighted by Crippen LogP contribution is 2.13. The van der Waals surface area contributed by atoms with Crippen LogP contribution in [0.15, 0.2) is 40.6 Å². The van der Waals surface area contributed by atoms with E-state index in [4.69, 9.17) is 0 Å². The van der Waals surface area contributed by atoms with Gasteiger partial charge in [0.1, 0.15) is 0 Å². The highest BCUT2D eigenvalue weighted by molar-refractivity contribution is 5.41. The van der Waals surface area contributed by atoms with Gasteiger partial charge in [-0.25, -0.2) is 5.43 Å². The second-order valence-electron chi connectivity index (χ2n) is 6.54. The van der Waals surface area contributed by atoms with Crippen molar-refractivity contribution in [1.82, 2.24) is 5.43 Å². The Labute approximate surface area is 123 Å². The first-order valence-corrected chi connectivity index (χ1v) is 7.33. The molecule has 0 aliphatic heterocycles. The molecular formula is C16H28N4. The molecule has 20 heavy (non-hydrogen) atoms. The average Bonchev–Trinajstić information content (AvgIpc) is 2.35. The molecule has 0 bridgehead atoms. The van der Waals surface area contributed by atoms with Crippen molar-refractivity contribution in [3.8, 4) is 0 Å². The summed E-state index contributed by atoms with van der Waals surface area (Å²) in [5.74, 6) is 0.609. The van der Waals surface area contributed by atoms with Gasteiger partial charge in [-0.15, -0.1) is 0 Å². The molecule has 2 N–H and O–H groups in total. The Hall–Kier alpha value is -1.42. The number of anilines is 1. The summed E-state index contributed by atoms with van der Waals surface area (Å²) in [7, 11) is 0. The van der Waals surface area contributed by atoms with Crippen LogP contribution in [0.2, 0.25) is 0 Å². The minimum Gasteiger partial charge on any atom is -0.321 e. The Bertz CT molecular complexity index is 393. The van der Waals surface area contributed by atoms with Gasteiger partial charge in [0.2, 0.25) is 0 Å². The maximum atomic E-state index is 4.49. The van der Waals surface area contributed by atoms with Crippen LogP contribution in [0.3, 0.4) is 0 Å². The van der Waals surface area contributed by atoms with Crippen LogP contribution < -0.4 is 10.9 Å². The molecular weight excluding hydrogens is 248 g/mol. The zero-order valence-electron chi connectivity index (χ0n) is 13.4. The van der Waals surface area contributed by atoms with Crippen molar-refractivity contribution in [3.05, 3.63) is 30.3 Å². The monoisotopic (exact) mass is 276 g/mol. The Morgan fingerprint density at radius 3 is 2.30 bits per heavy atom. The van der Waals surface area contributed by atoms with E-state index in [0.717, 1.165) is 18.7 Å². The highest BCUT2D eigenvalue weighted by atomic mass is 15.4. The van der Waals surface area contributed by atoms with Crippen molar-refractivity contribution in [3.63, 3.8) is 0 Å². The van der Waals surface area contributed by atoms with E-state index in [1.54, 1.807) is 0 Å². The average molecular weight is 276 g/mol. The zero-order valence-corrected chi connectivity index (χ0v) is 13.4. The molecule has 0 aliphatic carbocycles. The van der Waals surface area contributed by atoms with Gasteiger partial charge in [0.15, 0.2) is 0 Å². The molecule has 0 aliphatic rings. The molecule has 112 valence electrons. The summed E-state index contributed by atoms with van der Waals surface area (Å²) in [6, 6.07) is 10.3. The van der Waals surface area contributed by atoms with Crippen LogP contribution in [0.5, 0.6) is 0 Å². The summed E-state index contributed by atoms with van der Waals surface area (Å²) in [5.41, 5.74) is 7.38. The molecule has 0 spiro atoms. The largest absolute Gasteiger partial charge is 0.321 e. The molecule has 0 aromatic heterocycles. The van der Waals surface area contributed by atoms with Gasteiger partial charge in [-0.3, -0.25) is 0 Å². The molecule has 0 saturated heterocycles. The molecule has 0 amide bonds. The number of azo groups is 1. The van der Waals surface area contributed by atoms with Gasteiger partial charge in [0, 0.05) is 12.2 Å². The molecule has 0 saturated carbocycles. The normalized spacial score (nSPS) is 13.9. The second-order valence-corrected chi connectivity index (χ2v) is 6.54. The summed E-state index contributed by atoms with van der Waals surface area (Å²) in [6.07, 6.45) is 1.03. The molecule has 4 nitrogen and oxygen atoms in total. The summed E-state index contributed by atoms with van der Waals surface area (Å²) in [6.45, 7) is 11.4. The summed E-state index contributed by atoms with van der Waals surface area (Å²) >= 11 is 0. The fourth-order valence-corrected chi connectivity index (χ4v) is 1.76. The highest BCUT2D eigenvalue weighted by Gasteiger charge is 2.12. The van der Waals surface area contributed by atoms with E-state index >= 15 is 0 Å². The topological polar surface area (TPSA) is 48.8 Å². The summed E-state index contributed by atoms with van der Waals surface area (Å²) in [5, 5.41) is 8.88. The van der Waals surface area contributed by atoms with Gasteiger partial charge in [-0.2, -0.15) is 10.2 Å². The van der Waals surface area contributed by atoms with Gasteiger partial charge in [0.05, 0.1) is 11.6 Å². The lowest BCUT2D eigenvalue weighted by atomic mass is 10.0. The first-order chi connectivity index (χ1) is 9.37. The number of nitrogens with one attached hydrogen (secondary N) is 2. The van der Waals surface area contributed by atoms with Crippen LogP contribution in [-0.2, 0) is 0 Å². The van der Waals surface area contributed by atoms with Crippen LogP contribution >= 0.6 is 0 Å². The van der Waals surface area contributed by atoms with Gasteiger partial charge >= 0.3 is 0 Å². The van der Waals surface area contributed by atoms with Crippen molar-refractivity contribution >= 4 is 5.69 Å². The van der Waals surface area contributed by atoms with E-state index < -0.39 is 0 Å². The van der Waals surface area contributed by atoms with Crippen LogP contribution in [0, 0.1) is 5.92 Å². The van der Waals surface area contributed by atoms with Gasteiger partial charge in [-0.1, -0.05) is 32.0 Å². The zero-order chi connectivity index (χ0) is 15.0. The van der Waals surface area contributed by atoms with Gasteiger partial charge in [-0.05, 0) is 45.2 Å². The quantitative estimate of drug-likeness (QED) is 0.577. The van der Waals surface area contributed by atoms with E-state index in [1.165, 1.54) is 0 Å². The number of para-hydroxylation sites is 1. The predicted octanol–water partition coefficient (Wildman–Crippen LogP) is 4.27. The van der Waals surface area contributed by atoms with Crippen LogP contribution in [0.1, 0.15) is 41.0 Å². The Morgan fingerprint density at radius 2 is 1.75 bits per heavy atom. The third-order valence-electron chi connectivity index (χ3n) is 2.61. The smallest absolute Gasteiger partial charge is 0.0853 e. The molecule has 0 radical (unpaired) electrons. The van der Waals surface area contributed by atoms with Crippen molar-refractivity contribution < 1.29 is 0 Å².